The van der Waals surface area contributed by atoms with Crippen molar-refractivity contribution in [2.75, 3.05) is 23.3 Å². The largest absolute Gasteiger partial charge is 0.370 e. The smallest absolute Gasteiger partial charge is 0.183 e. The molecular weight excluding hydrogens is 299 g/mol. The number of nitrogens with one attached hydrogen (secondary N) is 1. The van der Waals surface area contributed by atoms with E-state index < -0.39 is 5.82 Å². The Labute approximate surface area is 133 Å². The summed E-state index contributed by atoms with van der Waals surface area (Å²) >= 11 is 1.62. The van der Waals surface area contributed by atoms with Crippen molar-refractivity contribution in [2.45, 2.75) is 25.8 Å². The maximum absolute atomic E-state index is 13.7. The number of rotatable bonds is 3. The molecule has 6 heteroatoms. The average Bonchev–Trinajstić information content (AvgIpc) is 2.93. The van der Waals surface area contributed by atoms with Crippen molar-refractivity contribution in [3.05, 3.63) is 40.7 Å². The van der Waals surface area contributed by atoms with E-state index in [0.717, 1.165) is 36.8 Å². The van der Waals surface area contributed by atoms with Crippen LogP contribution in [-0.4, -0.2) is 24.1 Å². The number of halogens is 1. The summed E-state index contributed by atoms with van der Waals surface area (Å²) in [5.74, 6) is -0.446. The molecule has 1 aromatic heterocycles. The molecule has 1 fully saturated rings. The fourth-order valence-electron chi connectivity index (χ4n) is 2.75. The van der Waals surface area contributed by atoms with Crippen LogP contribution >= 0.6 is 11.3 Å². The summed E-state index contributed by atoms with van der Waals surface area (Å²) in [4.78, 5) is 6.51. The fourth-order valence-corrected chi connectivity index (χ4v) is 3.51. The third kappa shape index (κ3) is 3.04. The molecule has 3 rings (SSSR count). The van der Waals surface area contributed by atoms with Crippen LogP contribution in [0.25, 0.3) is 0 Å². The van der Waals surface area contributed by atoms with E-state index in [9.17, 15) is 4.39 Å². The average molecular weight is 316 g/mol. The lowest BCUT2D eigenvalue weighted by molar-refractivity contribution is 0.524. The second kappa shape index (κ2) is 6.32. The molecular formula is C16H17FN4S. The zero-order valence-corrected chi connectivity index (χ0v) is 13.2. The number of aromatic nitrogens is 1. The Morgan fingerprint density at radius 1 is 1.41 bits per heavy atom. The van der Waals surface area contributed by atoms with Crippen molar-refractivity contribution >= 4 is 22.2 Å². The molecule has 1 saturated heterocycles. The summed E-state index contributed by atoms with van der Waals surface area (Å²) in [6.45, 7) is 3.60. The molecule has 2 heterocycles. The molecule has 1 N–H and O–H groups in total. The van der Waals surface area contributed by atoms with E-state index in [0.29, 0.717) is 11.7 Å². The predicted octanol–water partition coefficient (Wildman–Crippen LogP) is 3.54. The van der Waals surface area contributed by atoms with E-state index in [1.807, 2.05) is 24.4 Å². The van der Waals surface area contributed by atoms with Crippen LogP contribution in [0.15, 0.2) is 23.6 Å². The van der Waals surface area contributed by atoms with Crippen LogP contribution in [0, 0.1) is 24.1 Å². The van der Waals surface area contributed by atoms with Gasteiger partial charge in [0.2, 0.25) is 0 Å². The van der Waals surface area contributed by atoms with Crippen molar-refractivity contribution in [3.63, 3.8) is 0 Å². The second-order valence-corrected chi connectivity index (χ2v) is 6.30. The highest BCUT2D eigenvalue weighted by atomic mass is 32.1. The zero-order valence-electron chi connectivity index (χ0n) is 12.3. The Balaban J connectivity index is 1.65. The van der Waals surface area contributed by atoms with E-state index in [2.05, 4.69) is 15.2 Å². The number of nitriles is 1. The molecule has 22 heavy (non-hydrogen) atoms. The van der Waals surface area contributed by atoms with E-state index in [-0.39, 0.29) is 5.56 Å². The summed E-state index contributed by atoms with van der Waals surface area (Å²) in [6.07, 6.45) is 1.89. The highest BCUT2D eigenvalue weighted by Crippen LogP contribution is 2.27. The first-order valence-corrected chi connectivity index (χ1v) is 8.17. The molecule has 1 aliphatic rings. The van der Waals surface area contributed by atoms with Crippen molar-refractivity contribution in [2.24, 2.45) is 0 Å². The summed E-state index contributed by atoms with van der Waals surface area (Å²) in [5.41, 5.74) is 1.87. The lowest BCUT2D eigenvalue weighted by atomic mass is 10.0. The SMILES string of the molecule is Cc1csc(NC2CCN(c3cccc(F)c3C#N)CC2)n1. The maximum atomic E-state index is 13.7. The topological polar surface area (TPSA) is 52.0 Å². The Morgan fingerprint density at radius 3 is 2.82 bits per heavy atom. The fraction of sp³-hybridized carbons (Fsp3) is 0.375. The molecule has 0 spiro atoms. The van der Waals surface area contributed by atoms with Gasteiger partial charge in [0.05, 0.1) is 11.4 Å². The first kappa shape index (κ1) is 14.8. The van der Waals surface area contributed by atoms with Crippen LogP contribution in [0.5, 0.6) is 0 Å². The molecule has 2 aromatic rings. The van der Waals surface area contributed by atoms with E-state index in [1.165, 1.54) is 6.07 Å². The minimum Gasteiger partial charge on any atom is -0.370 e. The zero-order chi connectivity index (χ0) is 15.5. The number of benzene rings is 1. The molecule has 0 amide bonds. The van der Waals surface area contributed by atoms with Crippen LogP contribution in [0.1, 0.15) is 24.1 Å². The second-order valence-electron chi connectivity index (χ2n) is 5.45. The molecule has 0 saturated carbocycles. The van der Waals surface area contributed by atoms with Gasteiger partial charge < -0.3 is 10.2 Å². The number of aryl methyl sites for hydroxylation is 1. The van der Waals surface area contributed by atoms with Crippen molar-refractivity contribution in [1.82, 2.24) is 4.98 Å². The third-order valence-corrected chi connectivity index (χ3v) is 4.78. The van der Waals surface area contributed by atoms with Gasteiger partial charge in [-0.25, -0.2) is 9.37 Å². The number of hydrogen-bond donors (Lipinski definition) is 1. The minimum atomic E-state index is -0.446. The van der Waals surface area contributed by atoms with Gasteiger partial charge in [-0.1, -0.05) is 6.07 Å². The maximum Gasteiger partial charge on any atom is 0.183 e. The van der Waals surface area contributed by atoms with Gasteiger partial charge in [-0.05, 0) is 31.9 Å². The summed E-state index contributed by atoms with van der Waals surface area (Å²) in [6, 6.07) is 7.16. The number of hydrogen-bond acceptors (Lipinski definition) is 5. The van der Waals surface area contributed by atoms with Gasteiger partial charge in [0.15, 0.2) is 5.13 Å². The molecule has 0 aliphatic carbocycles. The third-order valence-electron chi connectivity index (χ3n) is 3.89. The van der Waals surface area contributed by atoms with E-state index in [4.69, 9.17) is 5.26 Å². The van der Waals surface area contributed by atoms with Gasteiger partial charge in [-0.15, -0.1) is 11.3 Å². The summed E-state index contributed by atoms with van der Waals surface area (Å²) in [7, 11) is 0. The number of thiazole rings is 1. The van der Waals surface area contributed by atoms with Crippen LogP contribution in [-0.2, 0) is 0 Å². The molecule has 1 aromatic carbocycles. The van der Waals surface area contributed by atoms with Crippen LogP contribution < -0.4 is 10.2 Å². The Kier molecular flexibility index (Phi) is 4.25. The summed E-state index contributed by atoms with van der Waals surface area (Å²) < 4.78 is 13.7. The lowest BCUT2D eigenvalue weighted by Crippen LogP contribution is -2.39. The highest BCUT2D eigenvalue weighted by molar-refractivity contribution is 7.13. The highest BCUT2D eigenvalue weighted by Gasteiger charge is 2.22. The minimum absolute atomic E-state index is 0.143. The molecule has 0 bridgehead atoms. The molecule has 1 aliphatic heterocycles. The van der Waals surface area contributed by atoms with Gasteiger partial charge in [0, 0.05) is 24.5 Å². The molecule has 0 radical (unpaired) electrons. The normalized spacial score (nSPS) is 15.6. The monoisotopic (exact) mass is 316 g/mol. The molecule has 0 atom stereocenters. The Bertz CT molecular complexity index is 698. The van der Waals surface area contributed by atoms with Crippen LogP contribution in [0.2, 0.25) is 0 Å². The van der Waals surface area contributed by atoms with Gasteiger partial charge in [-0.3, -0.25) is 0 Å². The van der Waals surface area contributed by atoms with Crippen LogP contribution in [0.4, 0.5) is 15.2 Å². The first-order chi connectivity index (χ1) is 10.7. The van der Waals surface area contributed by atoms with Gasteiger partial charge in [-0.2, -0.15) is 5.26 Å². The standard InChI is InChI=1S/C16H17FN4S/c1-11-10-22-16(19-11)20-12-5-7-21(8-6-12)15-4-2-3-14(17)13(15)9-18/h2-4,10,12H,5-8H2,1H3,(H,19,20). The molecule has 4 nitrogen and oxygen atoms in total. The van der Waals surface area contributed by atoms with E-state index >= 15 is 0 Å². The van der Waals surface area contributed by atoms with Gasteiger partial charge in [0.1, 0.15) is 17.4 Å². The van der Waals surface area contributed by atoms with Crippen molar-refractivity contribution < 1.29 is 4.39 Å². The quantitative estimate of drug-likeness (QED) is 0.941. The molecule has 0 unspecified atom stereocenters. The Hall–Kier alpha value is -2.13. The summed E-state index contributed by atoms with van der Waals surface area (Å²) in [5, 5.41) is 15.6. The predicted molar refractivity (Wildman–Crippen MR) is 86.8 cm³/mol. The first-order valence-electron chi connectivity index (χ1n) is 7.29. The lowest BCUT2D eigenvalue weighted by Gasteiger charge is -2.34. The number of nitrogens with zero attached hydrogens (tertiary/aromatic N) is 3. The molecule has 114 valence electrons. The van der Waals surface area contributed by atoms with Gasteiger partial charge >= 0.3 is 0 Å². The van der Waals surface area contributed by atoms with Gasteiger partial charge in [0.25, 0.3) is 0 Å². The van der Waals surface area contributed by atoms with Crippen molar-refractivity contribution in [1.29, 1.82) is 5.26 Å². The van der Waals surface area contributed by atoms with E-state index in [1.54, 1.807) is 17.4 Å². The van der Waals surface area contributed by atoms with Crippen LogP contribution in [0.3, 0.4) is 0 Å². The number of piperidine rings is 1. The Morgan fingerprint density at radius 2 is 2.18 bits per heavy atom. The van der Waals surface area contributed by atoms with Crippen molar-refractivity contribution in [3.8, 4) is 6.07 Å². The number of anilines is 2.